The summed E-state index contributed by atoms with van der Waals surface area (Å²) < 4.78 is 0. The van der Waals surface area contributed by atoms with Crippen molar-refractivity contribution in [1.82, 2.24) is 0 Å². The largest absolute Gasteiger partial charge is 0.504 e. The first-order valence-corrected chi connectivity index (χ1v) is 7.23. The van der Waals surface area contributed by atoms with Gasteiger partial charge in [-0.05, 0) is 54.7 Å². The lowest BCUT2D eigenvalue weighted by molar-refractivity contribution is 0.394. The second kappa shape index (κ2) is 5.30. The highest BCUT2D eigenvalue weighted by Gasteiger charge is 2.35. The van der Waals surface area contributed by atoms with E-state index in [9.17, 15) is 20.4 Å². The van der Waals surface area contributed by atoms with Crippen molar-refractivity contribution in [2.75, 3.05) is 0 Å². The zero-order valence-electron chi connectivity index (χ0n) is 12.0. The van der Waals surface area contributed by atoms with Gasteiger partial charge in [0.25, 0.3) is 0 Å². The smallest absolute Gasteiger partial charge is 0.157 e. The molecule has 2 aromatic carbocycles. The van der Waals surface area contributed by atoms with Crippen molar-refractivity contribution < 1.29 is 20.4 Å². The standard InChI is InChI=1S/C18H18O4/c19-14-6-4-12(10-16(14)21)18(8-2-1-3-9-18)13-5-7-15(20)17(22)11-13/h1-2,4-7,10-11,19-22H,3,8-9H2. The van der Waals surface area contributed by atoms with Crippen LogP contribution in [0, 0.1) is 0 Å². The average Bonchev–Trinajstić information content (AvgIpc) is 2.53. The summed E-state index contributed by atoms with van der Waals surface area (Å²) >= 11 is 0. The minimum absolute atomic E-state index is 0.154. The molecule has 0 heterocycles. The molecular formula is C18H18O4. The molecule has 1 aliphatic rings. The van der Waals surface area contributed by atoms with Crippen LogP contribution in [0.5, 0.6) is 23.0 Å². The van der Waals surface area contributed by atoms with Crippen molar-refractivity contribution in [2.24, 2.45) is 0 Å². The predicted molar refractivity (Wildman–Crippen MR) is 83.3 cm³/mol. The van der Waals surface area contributed by atoms with E-state index >= 15 is 0 Å². The zero-order chi connectivity index (χ0) is 15.7. The summed E-state index contributed by atoms with van der Waals surface area (Å²) in [4.78, 5) is 0. The van der Waals surface area contributed by atoms with E-state index in [-0.39, 0.29) is 23.0 Å². The molecule has 114 valence electrons. The molecule has 1 aliphatic carbocycles. The Kier molecular flexibility index (Phi) is 3.45. The van der Waals surface area contributed by atoms with Crippen molar-refractivity contribution in [2.45, 2.75) is 24.7 Å². The zero-order valence-corrected chi connectivity index (χ0v) is 12.0. The maximum atomic E-state index is 9.83. The fourth-order valence-corrected chi connectivity index (χ4v) is 3.17. The first kappa shape index (κ1) is 14.3. The Bertz CT molecular complexity index is 682. The molecule has 0 fully saturated rings. The second-order valence-corrected chi connectivity index (χ2v) is 5.70. The van der Waals surface area contributed by atoms with E-state index in [1.54, 1.807) is 24.3 Å². The third-order valence-electron chi connectivity index (χ3n) is 4.43. The molecule has 4 N–H and O–H groups in total. The number of phenols is 4. The summed E-state index contributed by atoms with van der Waals surface area (Å²) in [6.45, 7) is 0. The van der Waals surface area contributed by atoms with Crippen LogP contribution in [0.4, 0.5) is 0 Å². The highest BCUT2D eigenvalue weighted by atomic mass is 16.3. The maximum Gasteiger partial charge on any atom is 0.157 e. The Hall–Kier alpha value is -2.62. The van der Waals surface area contributed by atoms with Gasteiger partial charge >= 0.3 is 0 Å². The number of hydrogen-bond donors (Lipinski definition) is 4. The molecule has 4 nitrogen and oxygen atoms in total. The topological polar surface area (TPSA) is 80.9 Å². The van der Waals surface area contributed by atoms with Gasteiger partial charge in [0.2, 0.25) is 0 Å². The van der Waals surface area contributed by atoms with Crippen LogP contribution in [0.25, 0.3) is 0 Å². The lowest BCUT2D eigenvalue weighted by Crippen LogP contribution is -2.28. The monoisotopic (exact) mass is 298 g/mol. The molecule has 0 radical (unpaired) electrons. The van der Waals surface area contributed by atoms with Crippen LogP contribution in [0.1, 0.15) is 30.4 Å². The number of aromatic hydroxyl groups is 4. The van der Waals surface area contributed by atoms with Gasteiger partial charge in [0.15, 0.2) is 23.0 Å². The Labute approximate surface area is 128 Å². The average molecular weight is 298 g/mol. The molecule has 0 spiro atoms. The molecule has 0 aromatic heterocycles. The third-order valence-corrected chi connectivity index (χ3v) is 4.43. The van der Waals surface area contributed by atoms with Crippen LogP contribution in [-0.2, 0) is 5.41 Å². The SMILES string of the molecule is Oc1ccc(C2(c3ccc(O)c(O)c3)CC=CCC2)cc1O. The molecule has 0 atom stereocenters. The molecule has 0 amide bonds. The van der Waals surface area contributed by atoms with Gasteiger partial charge in [-0.1, -0.05) is 24.3 Å². The van der Waals surface area contributed by atoms with Crippen LogP contribution in [0.3, 0.4) is 0 Å². The minimum atomic E-state index is -0.398. The molecule has 2 aromatic rings. The van der Waals surface area contributed by atoms with E-state index in [1.807, 2.05) is 0 Å². The summed E-state index contributed by atoms with van der Waals surface area (Å²) in [6.07, 6.45) is 6.61. The Balaban J connectivity index is 2.17. The van der Waals surface area contributed by atoms with Crippen molar-refractivity contribution >= 4 is 0 Å². The number of hydrogen-bond acceptors (Lipinski definition) is 4. The van der Waals surface area contributed by atoms with Crippen molar-refractivity contribution in [3.8, 4) is 23.0 Å². The van der Waals surface area contributed by atoms with E-state index in [0.29, 0.717) is 0 Å². The number of benzene rings is 2. The Morgan fingerprint density at radius 3 is 1.64 bits per heavy atom. The Morgan fingerprint density at radius 1 is 0.682 bits per heavy atom. The maximum absolute atomic E-state index is 9.83. The second-order valence-electron chi connectivity index (χ2n) is 5.70. The van der Waals surface area contributed by atoms with E-state index in [1.165, 1.54) is 12.1 Å². The molecule has 0 bridgehead atoms. The summed E-state index contributed by atoms with van der Waals surface area (Å²) in [7, 11) is 0. The van der Waals surface area contributed by atoms with Crippen LogP contribution < -0.4 is 0 Å². The minimum Gasteiger partial charge on any atom is -0.504 e. The number of phenolic OH excluding ortho intramolecular Hbond substituents is 4. The van der Waals surface area contributed by atoms with Gasteiger partial charge in [-0.2, -0.15) is 0 Å². The van der Waals surface area contributed by atoms with E-state index in [0.717, 1.165) is 30.4 Å². The fraction of sp³-hybridized carbons (Fsp3) is 0.222. The summed E-state index contributed by atoms with van der Waals surface area (Å²) in [6, 6.07) is 9.67. The third kappa shape index (κ3) is 2.26. The molecular weight excluding hydrogens is 280 g/mol. The summed E-state index contributed by atoms with van der Waals surface area (Å²) in [5, 5.41) is 38.7. The lowest BCUT2D eigenvalue weighted by Gasteiger charge is -2.36. The fourth-order valence-electron chi connectivity index (χ4n) is 3.17. The van der Waals surface area contributed by atoms with Crippen LogP contribution in [-0.4, -0.2) is 20.4 Å². The first-order chi connectivity index (χ1) is 10.5. The number of rotatable bonds is 2. The molecule has 3 rings (SSSR count). The quantitative estimate of drug-likeness (QED) is 0.505. The van der Waals surface area contributed by atoms with Crippen molar-refractivity contribution in [3.05, 3.63) is 59.7 Å². The van der Waals surface area contributed by atoms with E-state index in [4.69, 9.17) is 0 Å². The normalized spacial score (nSPS) is 16.5. The van der Waals surface area contributed by atoms with Gasteiger partial charge in [-0.15, -0.1) is 0 Å². The summed E-state index contributed by atoms with van der Waals surface area (Å²) in [5.41, 5.74) is 1.35. The van der Waals surface area contributed by atoms with E-state index in [2.05, 4.69) is 12.2 Å². The van der Waals surface area contributed by atoms with Gasteiger partial charge < -0.3 is 20.4 Å². The molecule has 4 heteroatoms. The van der Waals surface area contributed by atoms with Crippen LogP contribution >= 0.6 is 0 Å². The lowest BCUT2D eigenvalue weighted by atomic mass is 9.67. The van der Waals surface area contributed by atoms with Crippen LogP contribution in [0.15, 0.2) is 48.6 Å². The Morgan fingerprint density at radius 2 is 1.23 bits per heavy atom. The highest BCUT2D eigenvalue weighted by Crippen LogP contribution is 2.46. The molecule has 0 saturated heterocycles. The molecule has 0 saturated carbocycles. The van der Waals surface area contributed by atoms with Gasteiger partial charge in [0, 0.05) is 5.41 Å². The van der Waals surface area contributed by atoms with E-state index < -0.39 is 5.41 Å². The number of allylic oxidation sites excluding steroid dienone is 2. The van der Waals surface area contributed by atoms with Gasteiger partial charge in [-0.3, -0.25) is 0 Å². The van der Waals surface area contributed by atoms with Gasteiger partial charge in [-0.25, -0.2) is 0 Å². The predicted octanol–water partition coefficient (Wildman–Crippen LogP) is 3.54. The van der Waals surface area contributed by atoms with Crippen LogP contribution in [0.2, 0.25) is 0 Å². The highest BCUT2D eigenvalue weighted by molar-refractivity contribution is 5.51. The summed E-state index contributed by atoms with van der Waals surface area (Å²) in [5.74, 6) is -0.624. The molecule has 0 unspecified atom stereocenters. The first-order valence-electron chi connectivity index (χ1n) is 7.23. The van der Waals surface area contributed by atoms with Crippen molar-refractivity contribution in [1.29, 1.82) is 0 Å². The van der Waals surface area contributed by atoms with Gasteiger partial charge in [0.05, 0.1) is 0 Å². The van der Waals surface area contributed by atoms with Crippen molar-refractivity contribution in [3.63, 3.8) is 0 Å². The molecule has 0 aliphatic heterocycles. The van der Waals surface area contributed by atoms with Gasteiger partial charge in [0.1, 0.15) is 0 Å². The molecule has 22 heavy (non-hydrogen) atoms.